The summed E-state index contributed by atoms with van der Waals surface area (Å²) < 4.78 is 0. The monoisotopic (exact) mass is 272 g/mol. The molecule has 19 heavy (non-hydrogen) atoms. The predicted molar refractivity (Wildman–Crippen MR) is 76.1 cm³/mol. The third kappa shape index (κ3) is 9.33. The highest BCUT2D eigenvalue weighted by atomic mass is 16.4. The van der Waals surface area contributed by atoms with Crippen molar-refractivity contribution in [1.29, 1.82) is 0 Å². The molecule has 0 aromatic heterocycles. The van der Waals surface area contributed by atoms with Crippen LogP contribution in [0.3, 0.4) is 0 Å². The molecule has 0 aliphatic heterocycles. The fraction of sp³-hybridized carbons (Fsp3) is 0.857. The number of hydrogen-bond donors (Lipinski definition) is 3. The summed E-state index contributed by atoms with van der Waals surface area (Å²) in [7, 11) is 0. The van der Waals surface area contributed by atoms with E-state index in [2.05, 4.69) is 24.5 Å². The first-order valence-electron chi connectivity index (χ1n) is 7.02. The SMILES string of the molecule is CC(C)CCC(C)NC(=O)N[C@@H](CC(C)C)C(=O)O. The zero-order valence-corrected chi connectivity index (χ0v) is 12.7. The van der Waals surface area contributed by atoms with Crippen LogP contribution in [0, 0.1) is 11.8 Å². The van der Waals surface area contributed by atoms with Gasteiger partial charge in [-0.1, -0.05) is 27.7 Å². The maximum absolute atomic E-state index is 11.7. The van der Waals surface area contributed by atoms with Crippen molar-refractivity contribution in [2.75, 3.05) is 0 Å². The minimum Gasteiger partial charge on any atom is -0.480 e. The van der Waals surface area contributed by atoms with Gasteiger partial charge in [-0.25, -0.2) is 9.59 Å². The minimum absolute atomic E-state index is 0.0518. The van der Waals surface area contributed by atoms with Crippen LogP contribution >= 0.6 is 0 Å². The van der Waals surface area contributed by atoms with Gasteiger partial charge >= 0.3 is 12.0 Å². The molecule has 0 rings (SSSR count). The standard InChI is InChI=1S/C14H28N2O3/c1-9(2)6-7-11(5)15-14(19)16-12(13(17)18)8-10(3)4/h9-12H,6-8H2,1-5H3,(H,17,18)(H2,15,16,19)/t11?,12-/m0/s1. The molecule has 0 spiro atoms. The zero-order valence-electron chi connectivity index (χ0n) is 12.7. The molecule has 1 unspecified atom stereocenters. The highest BCUT2D eigenvalue weighted by Gasteiger charge is 2.21. The number of aliphatic carboxylic acids is 1. The lowest BCUT2D eigenvalue weighted by molar-refractivity contribution is -0.139. The Hall–Kier alpha value is -1.26. The minimum atomic E-state index is -0.987. The highest BCUT2D eigenvalue weighted by Crippen LogP contribution is 2.07. The fourth-order valence-corrected chi connectivity index (χ4v) is 1.77. The molecule has 5 nitrogen and oxygen atoms in total. The Morgan fingerprint density at radius 3 is 1.95 bits per heavy atom. The zero-order chi connectivity index (χ0) is 15.0. The third-order valence-electron chi connectivity index (χ3n) is 2.87. The number of rotatable bonds is 8. The molecule has 0 bridgehead atoms. The van der Waals surface area contributed by atoms with Gasteiger partial charge in [0.25, 0.3) is 0 Å². The molecule has 0 aliphatic rings. The van der Waals surface area contributed by atoms with E-state index >= 15 is 0 Å². The van der Waals surface area contributed by atoms with Crippen molar-refractivity contribution in [2.45, 2.75) is 66.0 Å². The number of carbonyl (C=O) groups excluding carboxylic acids is 1. The van der Waals surface area contributed by atoms with Gasteiger partial charge in [0.15, 0.2) is 0 Å². The number of carbonyl (C=O) groups is 2. The Morgan fingerprint density at radius 2 is 1.53 bits per heavy atom. The van der Waals surface area contributed by atoms with Crippen molar-refractivity contribution in [1.82, 2.24) is 10.6 Å². The largest absolute Gasteiger partial charge is 0.480 e. The molecule has 3 N–H and O–H groups in total. The van der Waals surface area contributed by atoms with E-state index in [1.54, 1.807) is 0 Å². The van der Waals surface area contributed by atoms with Gasteiger partial charge in [0, 0.05) is 6.04 Å². The fourth-order valence-electron chi connectivity index (χ4n) is 1.77. The second kappa shape index (κ2) is 8.77. The van der Waals surface area contributed by atoms with E-state index in [9.17, 15) is 9.59 Å². The van der Waals surface area contributed by atoms with Crippen molar-refractivity contribution in [3.05, 3.63) is 0 Å². The van der Waals surface area contributed by atoms with Crippen LogP contribution in [0.4, 0.5) is 4.79 Å². The van der Waals surface area contributed by atoms with E-state index in [4.69, 9.17) is 5.11 Å². The molecule has 2 atom stereocenters. The number of urea groups is 1. The van der Waals surface area contributed by atoms with Gasteiger partial charge < -0.3 is 15.7 Å². The van der Waals surface area contributed by atoms with Crippen LogP contribution in [-0.4, -0.2) is 29.2 Å². The smallest absolute Gasteiger partial charge is 0.326 e. The van der Waals surface area contributed by atoms with E-state index < -0.39 is 18.0 Å². The van der Waals surface area contributed by atoms with Gasteiger partial charge in [0.2, 0.25) is 0 Å². The second-order valence-corrected chi connectivity index (χ2v) is 6.01. The number of carboxylic acids is 1. The molecule has 0 aliphatic carbocycles. The highest BCUT2D eigenvalue weighted by molar-refractivity contribution is 5.82. The average Bonchev–Trinajstić information content (AvgIpc) is 2.24. The lowest BCUT2D eigenvalue weighted by Gasteiger charge is -2.20. The van der Waals surface area contributed by atoms with Crippen molar-refractivity contribution in [2.24, 2.45) is 11.8 Å². The molecule has 0 fully saturated rings. The molecule has 0 aromatic rings. The van der Waals surface area contributed by atoms with E-state index in [-0.39, 0.29) is 12.0 Å². The maximum Gasteiger partial charge on any atom is 0.326 e. The Morgan fingerprint density at radius 1 is 0.947 bits per heavy atom. The third-order valence-corrected chi connectivity index (χ3v) is 2.87. The average molecular weight is 272 g/mol. The van der Waals surface area contributed by atoms with Crippen LogP contribution in [0.15, 0.2) is 0 Å². The van der Waals surface area contributed by atoms with Crippen LogP contribution in [0.5, 0.6) is 0 Å². The summed E-state index contributed by atoms with van der Waals surface area (Å²) in [6, 6.07) is -1.17. The normalized spacial score (nSPS) is 14.3. The molecule has 0 saturated heterocycles. The molecular formula is C14H28N2O3. The molecule has 0 heterocycles. The van der Waals surface area contributed by atoms with Crippen molar-refractivity contribution >= 4 is 12.0 Å². The topological polar surface area (TPSA) is 78.4 Å². The van der Waals surface area contributed by atoms with Crippen LogP contribution in [-0.2, 0) is 4.79 Å². The molecule has 0 saturated carbocycles. The first kappa shape index (κ1) is 17.7. The summed E-state index contributed by atoms with van der Waals surface area (Å²) in [5, 5.41) is 14.3. The van der Waals surface area contributed by atoms with E-state index in [1.807, 2.05) is 20.8 Å². The summed E-state index contributed by atoms with van der Waals surface area (Å²) in [4.78, 5) is 22.7. The number of hydrogen-bond acceptors (Lipinski definition) is 2. The number of carboxylic acid groups (broad SMARTS) is 1. The van der Waals surface area contributed by atoms with Crippen LogP contribution in [0.25, 0.3) is 0 Å². The predicted octanol–water partition coefficient (Wildman–Crippen LogP) is 2.61. The van der Waals surface area contributed by atoms with Gasteiger partial charge in [-0.2, -0.15) is 0 Å². The molecule has 5 heteroatoms. The van der Waals surface area contributed by atoms with Crippen molar-refractivity contribution in [3.63, 3.8) is 0 Å². The Labute approximate surface area is 116 Å². The summed E-state index contributed by atoms with van der Waals surface area (Å²) >= 11 is 0. The summed E-state index contributed by atoms with van der Waals surface area (Å²) in [6.45, 7) is 10.1. The van der Waals surface area contributed by atoms with Gasteiger partial charge in [0.1, 0.15) is 6.04 Å². The summed E-state index contributed by atoms with van der Waals surface area (Å²) in [6.07, 6.45) is 2.37. The van der Waals surface area contributed by atoms with Crippen LogP contribution in [0.1, 0.15) is 53.9 Å². The van der Waals surface area contributed by atoms with E-state index in [0.29, 0.717) is 12.3 Å². The lowest BCUT2D eigenvalue weighted by Crippen LogP contribution is -2.48. The Bertz CT molecular complexity index is 290. The number of nitrogens with one attached hydrogen (secondary N) is 2. The van der Waals surface area contributed by atoms with Crippen LogP contribution < -0.4 is 10.6 Å². The molecule has 0 aromatic carbocycles. The van der Waals surface area contributed by atoms with Gasteiger partial charge in [-0.05, 0) is 38.0 Å². The molecule has 112 valence electrons. The maximum atomic E-state index is 11.7. The van der Waals surface area contributed by atoms with Crippen molar-refractivity contribution in [3.8, 4) is 0 Å². The molecular weight excluding hydrogens is 244 g/mol. The first-order chi connectivity index (χ1) is 8.72. The lowest BCUT2D eigenvalue weighted by atomic mass is 10.0. The van der Waals surface area contributed by atoms with Gasteiger partial charge in [0.05, 0.1) is 0 Å². The van der Waals surface area contributed by atoms with E-state index in [1.165, 1.54) is 0 Å². The molecule has 2 amide bonds. The second-order valence-electron chi connectivity index (χ2n) is 6.01. The van der Waals surface area contributed by atoms with Gasteiger partial charge in [-0.3, -0.25) is 0 Å². The Balaban J connectivity index is 4.15. The van der Waals surface area contributed by atoms with Crippen molar-refractivity contribution < 1.29 is 14.7 Å². The van der Waals surface area contributed by atoms with Crippen LogP contribution in [0.2, 0.25) is 0 Å². The number of amides is 2. The first-order valence-corrected chi connectivity index (χ1v) is 7.02. The Kier molecular flexibility index (Phi) is 8.19. The molecule has 0 radical (unpaired) electrons. The summed E-state index contributed by atoms with van der Waals surface area (Å²) in [5.41, 5.74) is 0. The quantitative estimate of drug-likeness (QED) is 0.635. The van der Waals surface area contributed by atoms with E-state index in [0.717, 1.165) is 12.8 Å². The van der Waals surface area contributed by atoms with Gasteiger partial charge in [-0.15, -0.1) is 0 Å². The summed E-state index contributed by atoms with van der Waals surface area (Å²) in [5.74, 6) is -0.168.